The molecule has 0 spiro atoms. The summed E-state index contributed by atoms with van der Waals surface area (Å²) in [6.07, 6.45) is 11.1. The molecule has 0 aromatic carbocycles. The monoisotopic (exact) mass is 356 g/mol. The first kappa shape index (κ1) is 16.3. The van der Waals surface area contributed by atoms with Crippen molar-refractivity contribution in [2.24, 2.45) is 22.9 Å². The van der Waals surface area contributed by atoms with E-state index in [1.54, 1.807) is 0 Å². The SMILES string of the molecule is CC1(C)CC(C2C3CN(C(=O)c4cn(C5CCCCC5)cn4)CC32)=NO1. The van der Waals surface area contributed by atoms with Gasteiger partial charge >= 0.3 is 0 Å². The van der Waals surface area contributed by atoms with E-state index in [9.17, 15) is 4.79 Å². The Morgan fingerprint density at radius 1 is 1.19 bits per heavy atom. The summed E-state index contributed by atoms with van der Waals surface area (Å²) in [5.41, 5.74) is 1.66. The van der Waals surface area contributed by atoms with Crippen LogP contribution in [0.5, 0.6) is 0 Å². The van der Waals surface area contributed by atoms with Crippen molar-refractivity contribution in [2.45, 2.75) is 64.0 Å². The fourth-order valence-electron chi connectivity index (χ4n) is 5.24. The molecule has 1 aromatic heterocycles. The van der Waals surface area contributed by atoms with Gasteiger partial charge in [0, 0.05) is 37.7 Å². The number of piperidine rings is 1. The highest BCUT2D eigenvalue weighted by molar-refractivity contribution is 5.94. The number of rotatable bonds is 3. The standard InChI is InChI=1S/C20H28N4O2/c1-20(2)8-16(22-26-20)18-14-9-23(10-15(14)18)19(25)17-11-24(12-21-17)13-6-4-3-5-7-13/h11-15,18H,3-10H2,1-2H3. The largest absolute Gasteiger partial charge is 0.389 e. The van der Waals surface area contributed by atoms with E-state index in [0.717, 1.165) is 19.5 Å². The van der Waals surface area contributed by atoms with Gasteiger partial charge in [-0.1, -0.05) is 24.4 Å². The Morgan fingerprint density at radius 3 is 2.58 bits per heavy atom. The predicted octanol–water partition coefficient (Wildman–Crippen LogP) is 3.26. The predicted molar refractivity (Wildman–Crippen MR) is 97.9 cm³/mol. The lowest BCUT2D eigenvalue weighted by molar-refractivity contribution is 0.0123. The van der Waals surface area contributed by atoms with Gasteiger partial charge in [-0.2, -0.15) is 0 Å². The first-order valence-corrected chi connectivity index (χ1v) is 10.1. The number of aromatic nitrogens is 2. The minimum absolute atomic E-state index is 0.0930. The molecule has 5 rings (SSSR count). The molecule has 2 unspecified atom stereocenters. The van der Waals surface area contributed by atoms with Gasteiger partial charge in [-0.25, -0.2) is 4.98 Å². The van der Waals surface area contributed by atoms with Gasteiger partial charge in [0.2, 0.25) is 0 Å². The molecule has 0 radical (unpaired) electrons. The smallest absolute Gasteiger partial charge is 0.274 e. The summed E-state index contributed by atoms with van der Waals surface area (Å²) in [5.74, 6) is 1.75. The Bertz CT molecular complexity index is 735. The summed E-state index contributed by atoms with van der Waals surface area (Å²) in [4.78, 5) is 24.8. The molecule has 4 aliphatic rings. The van der Waals surface area contributed by atoms with Crippen LogP contribution < -0.4 is 0 Å². The van der Waals surface area contributed by atoms with Gasteiger partial charge in [0.1, 0.15) is 11.3 Å². The van der Waals surface area contributed by atoms with Gasteiger partial charge in [0.15, 0.2) is 0 Å². The Balaban J connectivity index is 1.19. The van der Waals surface area contributed by atoms with Crippen molar-refractivity contribution >= 4 is 11.6 Å². The van der Waals surface area contributed by atoms with Crippen molar-refractivity contribution < 1.29 is 9.63 Å². The fourth-order valence-corrected chi connectivity index (χ4v) is 5.24. The van der Waals surface area contributed by atoms with E-state index in [1.165, 1.54) is 37.8 Å². The average molecular weight is 356 g/mol. The van der Waals surface area contributed by atoms with Crippen LogP contribution >= 0.6 is 0 Å². The Hall–Kier alpha value is -1.85. The minimum atomic E-state index is -0.159. The van der Waals surface area contributed by atoms with Gasteiger partial charge in [-0.05, 0) is 38.5 Å². The summed E-state index contributed by atoms with van der Waals surface area (Å²) in [7, 11) is 0. The van der Waals surface area contributed by atoms with Crippen molar-refractivity contribution in [3.63, 3.8) is 0 Å². The Labute approximate surface area is 154 Å². The van der Waals surface area contributed by atoms with Crippen LogP contribution in [-0.4, -0.2) is 44.8 Å². The minimum Gasteiger partial charge on any atom is -0.389 e. The van der Waals surface area contributed by atoms with E-state index in [2.05, 4.69) is 28.6 Å². The number of hydrogen-bond acceptors (Lipinski definition) is 4. The molecule has 2 aliphatic carbocycles. The number of nitrogens with zero attached hydrogens (tertiary/aromatic N) is 4. The maximum absolute atomic E-state index is 12.8. The van der Waals surface area contributed by atoms with Crippen LogP contribution in [0.1, 0.15) is 68.9 Å². The van der Waals surface area contributed by atoms with E-state index in [0.29, 0.717) is 29.5 Å². The second-order valence-electron chi connectivity index (χ2n) is 9.17. The van der Waals surface area contributed by atoms with Crippen molar-refractivity contribution in [3.05, 3.63) is 18.2 Å². The molecule has 3 fully saturated rings. The van der Waals surface area contributed by atoms with Crippen molar-refractivity contribution in [1.29, 1.82) is 0 Å². The highest BCUT2D eigenvalue weighted by Crippen LogP contribution is 2.54. The summed E-state index contributed by atoms with van der Waals surface area (Å²) in [6, 6.07) is 0.526. The van der Waals surface area contributed by atoms with Crippen LogP contribution in [-0.2, 0) is 4.84 Å². The molecule has 1 aromatic rings. The van der Waals surface area contributed by atoms with Crippen LogP contribution in [0.15, 0.2) is 17.7 Å². The third kappa shape index (κ3) is 2.74. The molecule has 2 aliphatic heterocycles. The van der Waals surface area contributed by atoms with E-state index in [-0.39, 0.29) is 11.5 Å². The third-order valence-electron chi connectivity index (χ3n) is 6.70. The molecule has 6 nitrogen and oxygen atoms in total. The van der Waals surface area contributed by atoms with E-state index in [1.807, 2.05) is 17.4 Å². The maximum Gasteiger partial charge on any atom is 0.274 e. The zero-order valence-electron chi connectivity index (χ0n) is 15.7. The van der Waals surface area contributed by atoms with Crippen LogP contribution in [0.3, 0.4) is 0 Å². The van der Waals surface area contributed by atoms with E-state index >= 15 is 0 Å². The van der Waals surface area contributed by atoms with Gasteiger partial charge in [-0.15, -0.1) is 0 Å². The number of oxime groups is 1. The molecule has 3 heterocycles. The maximum atomic E-state index is 12.8. The highest BCUT2D eigenvalue weighted by Gasteiger charge is 2.60. The molecule has 1 amide bonds. The molecule has 6 heteroatoms. The normalized spacial score (nSPS) is 32.9. The zero-order valence-corrected chi connectivity index (χ0v) is 15.7. The summed E-state index contributed by atoms with van der Waals surface area (Å²) in [6.45, 7) is 5.84. The third-order valence-corrected chi connectivity index (χ3v) is 6.70. The van der Waals surface area contributed by atoms with E-state index < -0.39 is 0 Å². The number of carbonyl (C=O) groups is 1. The number of imidazole rings is 1. The van der Waals surface area contributed by atoms with Crippen LogP contribution in [0.2, 0.25) is 0 Å². The molecule has 26 heavy (non-hydrogen) atoms. The number of amides is 1. The lowest BCUT2D eigenvalue weighted by Crippen LogP contribution is -2.33. The number of fused-ring (bicyclic) bond motifs is 1. The zero-order chi connectivity index (χ0) is 17.9. The van der Waals surface area contributed by atoms with Gasteiger partial charge in [0.25, 0.3) is 5.91 Å². The Morgan fingerprint density at radius 2 is 1.92 bits per heavy atom. The molecular weight excluding hydrogens is 328 g/mol. The molecule has 140 valence electrons. The van der Waals surface area contributed by atoms with E-state index in [4.69, 9.17) is 4.84 Å². The molecule has 0 N–H and O–H groups in total. The average Bonchev–Trinajstić information content (AvgIpc) is 3.09. The van der Waals surface area contributed by atoms with Gasteiger partial charge in [-0.3, -0.25) is 4.79 Å². The van der Waals surface area contributed by atoms with Crippen LogP contribution in [0.25, 0.3) is 0 Å². The molecule has 2 saturated carbocycles. The summed E-state index contributed by atoms with van der Waals surface area (Å²) >= 11 is 0. The van der Waals surface area contributed by atoms with Crippen molar-refractivity contribution in [2.75, 3.05) is 13.1 Å². The molecular formula is C20H28N4O2. The Kier molecular flexibility index (Phi) is 3.66. The summed E-state index contributed by atoms with van der Waals surface area (Å²) in [5, 5.41) is 4.31. The molecule has 2 atom stereocenters. The fraction of sp³-hybridized carbons (Fsp3) is 0.750. The topological polar surface area (TPSA) is 59.7 Å². The van der Waals surface area contributed by atoms with Gasteiger partial charge < -0.3 is 14.3 Å². The second-order valence-corrected chi connectivity index (χ2v) is 9.17. The quantitative estimate of drug-likeness (QED) is 0.835. The van der Waals surface area contributed by atoms with Gasteiger partial charge in [0.05, 0.1) is 12.0 Å². The van der Waals surface area contributed by atoms with Crippen LogP contribution in [0, 0.1) is 17.8 Å². The summed E-state index contributed by atoms with van der Waals surface area (Å²) < 4.78 is 2.17. The highest BCUT2D eigenvalue weighted by atomic mass is 16.7. The first-order valence-electron chi connectivity index (χ1n) is 10.1. The second kappa shape index (κ2) is 5.83. The molecule has 1 saturated heterocycles. The first-order chi connectivity index (χ1) is 12.5. The van der Waals surface area contributed by atoms with Crippen molar-refractivity contribution in [1.82, 2.24) is 14.5 Å². The number of likely N-dealkylation sites (tertiary alicyclic amines) is 1. The van der Waals surface area contributed by atoms with Crippen molar-refractivity contribution in [3.8, 4) is 0 Å². The van der Waals surface area contributed by atoms with Crippen LogP contribution in [0.4, 0.5) is 0 Å². The lowest BCUT2D eigenvalue weighted by Gasteiger charge is -2.22. The molecule has 0 bridgehead atoms. The lowest BCUT2D eigenvalue weighted by atomic mass is 9.95. The number of carbonyl (C=O) groups excluding carboxylic acids is 1. The number of hydrogen-bond donors (Lipinski definition) is 0.